The molecule has 0 aliphatic rings. The van der Waals surface area contributed by atoms with Crippen LogP contribution < -0.4 is 10.6 Å². The lowest BCUT2D eigenvalue weighted by atomic mass is 10.1. The second-order valence-electron chi connectivity index (χ2n) is 4.27. The molecule has 1 atom stereocenters. The average Bonchev–Trinajstić information content (AvgIpc) is 2.25. The Labute approximate surface area is 98.0 Å². The molecule has 0 bridgehead atoms. The molecule has 0 fully saturated rings. The van der Waals surface area contributed by atoms with Crippen LogP contribution in [0.2, 0.25) is 0 Å². The highest BCUT2D eigenvalue weighted by Gasteiger charge is 2.11. The third kappa shape index (κ3) is 3.07. The summed E-state index contributed by atoms with van der Waals surface area (Å²) >= 11 is 0. The number of hydrogen-bond donors (Lipinski definition) is 1. The molecule has 0 aliphatic heterocycles. The lowest BCUT2D eigenvalue weighted by Crippen LogP contribution is -2.31. The van der Waals surface area contributed by atoms with E-state index >= 15 is 0 Å². The summed E-state index contributed by atoms with van der Waals surface area (Å²) in [6.07, 6.45) is 3.70. The predicted octanol–water partition coefficient (Wildman–Crippen LogP) is 2.50. The Hall–Kier alpha value is -1.35. The zero-order valence-corrected chi connectivity index (χ0v) is 10.4. The van der Waals surface area contributed by atoms with Crippen LogP contribution in [0.1, 0.15) is 32.4 Å². The standard InChI is InChI=1S/C13H21N3/c1-5-8-16(10(2)3)13-9-12(11(4)14)6-7-15-13/h5-7,9-11H,1,8,14H2,2-4H3/t11-/m1/s1. The average molecular weight is 219 g/mol. The predicted molar refractivity (Wildman–Crippen MR) is 69.5 cm³/mol. The molecule has 0 aromatic carbocycles. The molecule has 0 amide bonds. The fraction of sp³-hybridized carbons (Fsp3) is 0.462. The summed E-state index contributed by atoms with van der Waals surface area (Å²) in [4.78, 5) is 6.58. The van der Waals surface area contributed by atoms with Gasteiger partial charge in [0, 0.05) is 24.8 Å². The quantitative estimate of drug-likeness (QED) is 0.774. The number of rotatable bonds is 5. The maximum atomic E-state index is 5.87. The van der Waals surface area contributed by atoms with Gasteiger partial charge in [-0.25, -0.2) is 4.98 Å². The van der Waals surface area contributed by atoms with Crippen molar-refractivity contribution >= 4 is 5.82 Å². The van der Waals surface area contributed by atoms with Crippen molar-refractivity contribution in [1.29, 1.82) is 0 Å². The Morgan fingerprint density at radius 1 is 1.50 bits per heavy atom. The number of pyridine rings is 1. The van der Waals surface area contributed by atoms with Gasteiger partial charge in [0.2, 0.25) is 0 Å². The Kier molecular flexibility index (Phi) is 4.50. The van der Waals surface area contributed by atoms with Crippen LogP contribution in [0.4, 0.5) is 5.82 Å². The summed E-state index contributed by atoms with van der Waals surface area (Å²) in [5.74, 6) is 0.963. The van der Waals surface area contributed by atoms with Crippen LogP contribution in [0.15, 0.2) is 31.0 Å². The van der Waals surface area contributed by atoms with Crippen molar-refractivity contribution in [2.24, 2.45) is 5.73 Å². The molecule has 0 unspecified atom stereocenters. The van der Waals surface area contributed by atoms with Gasteiger partial charge in [-0.1, -0.05) is 6.08 Å². The van der Waals surface area contributed by atoms with Gasteiger partial charge >= 0.3 is 0 Å². The first-order valence-corrected chi connectivity index (χ1v) is 5.65. The minimum atomic E-state index is 0.0412. The van der Waals surface area contributed by atoms with Crippen molar-refractivity contribution in [2.75, 3.05) is 11.4 Å². The van der Waals surface area contributed by atoms with Crippen LogP contribution in [0.25, 0.3) is 0 Å². The summed E-state index contributed by atoms with van der Waals surface area (Å²) in [6.45, 7) is 10.8. The lowest BCUT2D eigenvalue weighted by molar-refractivity contribution is 0.709. The molecule has 3 heteroatoms. The van der Waals surface area contributed by atoms with E-state index in [9.17, 15) is 0 Å². The molecule has 16 heavy (non-hydrogen) atoms. The number of aromatic nitrogens is 1. The third-order valence-electron chi connectivity index (χ3n) is 2.54. The van der Waals surface area contributed by atoms with Gasteiger partial charge in [0.1, 0.15) is 5.82 Å². The molecule has 2 N–H and O–H groups in total. The van der Waals surface area contributed by atoms with Crippen LogP contribution in [0, 0.1) is 0 Å². The van der Waals surface area contributed by atoms with E-state index in [2.05, 4.69) is 30.3 Å². The van der Waals surface area contributed by atoms with E-state index in [1.165, 1.54) is 0 Å². The smallest absolute Gasteiger partial charge is 0.129 e. The molecule has 0 saturated carbocycles. The van der Waals surface area contributed by atoms with Crippen molar-refractivity contribution in [2.45, 2.75) is 32.9 Å². The Balaban J connectivity index is 2.99. The van der Waals surface area contributed by atoms with E-state index in [1.807, 2.05) is 31.3 Å². The fourth-order valence-electron chi connectivity index (χ4n) is 1.58. The van der Waals surface area contributed by atoms with Crippen LogP contribution in [-0.2, 0) is 0 Å². The van der Waals surface area contributed by atoms with E-state index in [4.69, 9.17) is 5.73 Å². The summed E-state index contributed by atoms with van der Waals surface area (Å²) in [5, 5.41) is 0. The molecule has 1 aromatic rings. The van der Waals surface area contributed by atoms with Crippen molar-refractivity contribution in [1.82, 2.24) is 4.98 Å². The van der Waals surface area contributed by atoms with Crippen LogP contribution in [0.5, 0.6) is 0 Å². The third-order valence-corrected chi connectivity index (χ3v) is 2.54. The van der Waals surface area contributed by atoms with Gasteiger partial charge in [0.05, 0.1) is 0 Å². The van der Waals surface area contributed by atoms with E-state index in [0.717, 1.165) is 17.9 Å². The van der Waals surface area contributed by atoms with Crippen LogP contribution >= 0.6 is 0 Å². The fourth-order valence-corrected chi connectivity index (χ4v) is 1.58. The van der Waals surface area contributed by atoms with E-state index in [1.54, 1.807) is 0 Å². The number of anilines is 1. The summed E-state index contributed by atoms with van der Waals surface area (Å²) in [5.41, 5.74) is 6.98. The Morgan fingerprint density at radius 2 is 2.19 bits per heavy atom. The number of hydrogen-bond acceptors (Lipinski definition) is 3. The SMILES string of the molecule is C=CCN(c1cc([C@@H](C)N)ccn1)C(C)C. The molecule has 1 aromatic heterocycles. The highest BCUT2D eigenvalue weighted by atomic mass is 15.2. The zero-order chi connectivity index (χ0) is 12.1. The molecule has 0 spiro atoms. The van der Waals surface area contributed by atoms with Crippen molar-refractivity contribution < 1.29 is 0 Å². The first kappa shape index (κ1) is 12.7. The first-order chi connectivity index (χ1) is 7.56. The first-order valence-electron chi connectivity index (χ1n) is 5.65. The Bertz CT molecular complexity index is 345. The maximum Gasteiger partial charge on any atom is 0.129 e. The van der Waals surface area contributed by atoms with Crippen molar-refractivity contribution in [3.05, 3.63) is 36.5 Å². The molecule has 3 nitrogen and oxygen atoms in total. The molecule has 0 radical (unpaired) electrons. The van der Waals surface area contributed by atoms with Crippen molar-refractivity contribution in [3.8, 4) is 0 Å². The second kappa shape index (κ2) is 5.66. The topological polar surface area (TPSA) is 42.1 Å². The summed E-state index contributed by atoms with van der Waals surface area (Å²) in [7, 11) is 0. The second-order valence-corrected chi connectivity index (χ2v) is 4.27. The zero-order valence-electron chi connectivity index (χ0n) is 10.4. The Morgan fingerprint density at radius 3 is 2.69 bits per heavy atom. The normalized spacial score (nSPS) is 12.6. The highest BCUT2D eigenvalue weighted by Crippen LogP contribution is 2.18. The summed E-state index contributed by atoms with van der Waals surface area (Å²) < 4.78 is 0. The molecule has 88 valence electrons. The van der Waals surface area contributed by atoms with E-state index < -0.39 is 0 Å². The molecular formula is C13H21N3. The van der Waals surface area contributed by atoms with E-state index in [0.29, 0.717) is 6.04 Å². The monoisotopic (exact) mass is 219 g/mol. The molecule has 1 rings (SSSR count). The number of nitrogens with zero attached hydrogens (tertiary/aromatic N) is 2. The molecule has 1 heterocycles. The van der Waals surface area contributed by atoms with Crippen LogP contribution in [0.3, 0.4) is 0 Å². The van der Waals surface area contributed by atoms with Gasteiger partial charge in [-0.3, -0.25) is 0 Å². The van der Waals surface area contributed by atoms with Gasteiger partial charge in [-0.2, -0.15) is 0 Å². The van der Waals surface area contributed by atoms with Gasteiger partial charge in [0.15, 0.2) is 0 Å². The summed E-state index contributed by atoms with van der Waals surface area (Å²) in [6, 6.07) is 4.45. The van der Waals surface area contributed by atoms with Crippen LogP contribution in [-0.4, -0.2) is 17.6 Å². The molecular weight excluding hydrogens is 198 g/mol. The molecule has 0 aliphatic carbocycles. The highest BCUT2D eigenvalue weighted by molar-refractivity contribution is 5.43. The number of nitrogens with two attached hydrogens (primary N) is 1. The largest absolute Gasteiger partial charge is 0.350 e. The van der Waals surface area contributed by atoms with Gasteiger partial charge in [-0.15, -0.1) is 6.58 Å². The lowest BCUT2D eigenvalue weighted by Gasteiger charge is -2.27. The van der Waals surface area contributed by atoms with Gasteiger partial charge < -0.3 is 10.6 Å². The minimum absolute atomic E-state index is 0.0412. The van der Waals surface area contributed by atoms with Crippen molar-refractivity contribution in [3.63, 3.8) is 0 Å². The van der Waals surface area contributed by atoms with E-state index in [-0.39, 0.29) is 6.04 Å². The van der Waals surface area contributed by atoms with Gasteiger partial charge in [0.25, 0.3) is 0 Å². The minimum Gasteiger partial charge on any atom is -0.350 e. The molecule has 0 saturated heterocycles. The maximum absolute atomic E-state index is 5.87. The van der Waals surface area contributed by atoms with Gasteiger partial charge in [-0.05, 0) is 38.5 Å².